The molecule has 1 amide bonds. The van der Waals surface area contributed by atoms with Crippen LogP contribution in [0.4, 0.5) is 0 Å². The van der Waals surface area contributed by atoms with Crippen molar-refractivity contribution in [2.75, 3.05) is 0 Å². The molecule has 0 aromatic carbocycles. The number of nitrogens with one attached hydrogen (secondary N) is 1. The fraction of sp³-hybridized carbons (Fsp3) is 0.667. The van der Waals surface area contributed by atoms with Gasteiger partial charge in [-0.2, -0.15) is 5.10 Å². The summed E-state index contributed by atoms with van der Waals surface area (Å²) in [7, 11) is 1.88. The van der Waals surface area contributed by atoms with Gasteiger partial charge in [0, 0.05) is 24.7 Å². The summed E-state index contributed by atoms with van der Waals surface area (Å²) in [6, 6.07) is 0.0572. The summed E-state index contributed by atoms with van der Waals surface area (Å²) in [6.45, 7) is 2.00. The smallest absolute Gasteiger partial charge is 0.223 e. The maximum Gasteiger partial charge on any atom is 0.223 e. The molecule has 0 bridgehead atoms. The van der Waals surface area contributed by atoms with Crippen molar-refractivity contribution >= 4 is 5.91 Å². The highest BCUT2D eigenvalue weighted by atomic mass is 16.1. The number of amides is 1. The molecule has 1 aliphatic carbocycles. The zero-order valence-electron chi connectivity index (χ0n) is 9.94. The van der Waals surface area contributed by atoms with E-state index in [9.17, 15) is 4.79 Å². The Morgan fingerprint density at radius 1 is 1.56 bits per heavy atom. The number of aromatic nitrogens is 2. The average molecular weight is 221 g/mol. The van der Waals surface area contributed by atoms with E-state index < -0.39 is 0 Å². The molecule has 2 rings (SSSR count). The molecule has 4 nitrogen and oxygen atoms in total. The summed E-state index contributed by atoms with van der Waals surface area (Å²) >= 11 is 0. The van der Waals surface area contributed by atoms with Crippen LogP contribution in [0.1, 0.15) is 44.2 Å². The quantitative estimate of drug-likeness (QED) is 0.845. The molecule has 88 valence electrons. The highest BCUT2D eigenvalue weighted by Gasteiger charge is 2.24. The van der Waals surface area contributed by atoms with E-state index in [1.165, 1.54) is 12.8 Å². The highest BCUT2D eigenvalue weighted by Crippen LogP contribution is 2.25. The number of aryl methyl sites for hydroxylation is 1. The molecule has 1 N–H and O–H groups in total. The number of rotatable bonds is 3. The monoisotopic (exact) mass is 221 g/mol. The van der Waals surface area contributed by atoms with E-state index in [1.54, 1.807) is 10.9 Å². The lowest BCUT2D eigenvalue weighted by molar-refractivity contribution is -0.125. The summed E-state index contributed by atoms with van der Waals surface area (Å²) in [6.07, 6.45) is 8.23. The van der Waals surface area contributed by atoms with Gasteiger partial charge < -0.3 is 5.32 Å². The van der Waals surface area contributed by atoms with Gasteiger partial charge in [-0.15, -0.1) is 0 Å². The van der Waals surface area contributed by atoms with Crippen molar-refractivity contribution in [2.45, 2.75) is 38.6 Å². The first-order valence-corrected chi connectivity index (χ1v) is 5.95. The molecule has 1 saturated carbocycles. The number of hydrogen-bond acceptors (Lipinski definition) is 2. The van der Waals surface area contributed by atoms with Crippen molar-refractivity contribution in [1.82, 2.24) is 15.1 Å². The van der Waals surface area contributed by atoms with E-state index in [0.29, 0.717) is 0 Å². The summed E-state index contributed by atoms with van der Waals surface area (Å²) in [4.78, 5) is 11.9. The lowest BCUT2D eigenvalue weighted by Crippen LogP contribution is -2.31. The molecule has 0 spiro atoms. The summed E-state index contributed by atoms with van der Waals surface area (Å²) in [5.74, 6) is 0.438. The van der Waals surface area contributed by atoms with E-state index in [1.807, 2.05) is 20.2 Å². The molecule has 0 aliphatic heterocycles. The maximum absolute atomic E-state index is 11.9. The molecule has 1 aromatic rings. The molecular weight excluding hydrogens is 202 g/mol. The molecule has 0 radical (unpaired) electrons. The highest BCUT2D eigenvalue weighted by molar-refractivity contribution is 5.79. The number of hydrogen-bond donors (Lipinski definition) is 1. The Morgan fingerprint density at radius 2 is 2.25 bits per heavy atom. The molecule has 1 atom stereocenters. The van der Waals surface area contributed by atoms with Crippen LogP contribution in [0.2, 0.25) is 0 Å². The van der Waals surface area contributed by atoms with Gasteiger partial charge in [-0.1, -0.05) is 12.8 Å². The second-order valence-corrected chi connectivity index (χ2v) is 4.66. The topological polar surface area (TPSA) is 46.9 Å². The van der Waals surface area contributed by atoms with Crippen LogP contribution >= 0.6 is 0 Å². The van der Waals surface area contributed by atoms with E-state index in [0.717, 1.165) is 18.4 Å². The first-order valence-electron chi connectivity index (χ1n) is 5.95. The van der Waals surface area contributed by atoms with Gasteiger partial charge in [0.05, 0.1) is 12.2 Å². The van der Waals surface area contributed by atoms with E-state index in [4.69, 9.17) is 0 Å². The SMILES string of the molecule is CC(NC(=O)C1CCCC1)c1cnn(C)c1. The second-order valence-electron chi connectivity index (χ2n) is 4.66. The minimum Gasteiger partial charge on any atom is -0.349 e. The first-order chi connectivity index (χ1) is 7.66. The van der Waals surface area contributed by atoms with Gasteiger partial charge in [0.25, 0.3) is 0 Å². The second kappa shape index (κ2) is 4.68. The van der Waals surface area contributed by atoms with E-state index in [-0.39, 0.29) is 17.9 Å². The zero-order valence-corrected chi connectivity index (χ0v) is 9.94. The van der Waals surface area contributed by atoms with Crippen molar-refractivity contribution < 1.29 is 4.79 Å². The Bertz CT molecular complexity index is 366. The average Bonchev–Trinajstić information content (AvgIpc) is 2.87. The van der Waals surface area contributed by atoms with Gasteiger partial charge in [-0.25, -0.2) is 0 Å². The van der Waals surface area contributed by atoms with Crippen LogP contribution < -0.4 is 5.32 Å². The molecule has 1 heterocycles. The molecule has 1 unspecified atom stereocenters. The van der Waals surface area contributed by atoms with Crippen LogP contribution in [0.25, 0.3) is 0 Å². The summed E-state index contributed by atoms with van der Waals surface area (Å²) < 4.78 is 1.76. The standard InChI is InChI=1S/C12H19N3O/c1-9(11-7-13-15(2)8-11)14-12(16)10-5-3-4-6-10/h7-10H,3-6H2,1-2H3,(H,14,16). The third-order valence-corrected chi connectivity index (χ3v) is 3.31. The van der Waals surface area contributed by atoms with Gasteiger partial charge in [0.1, 0.15) is 0 Å². The Kier molecular flexibility index (Phi) is 3.27. The number of carbonyl (C=O) groups excluding carboxylic acids is 1. The van der Waals surface area contributed by atoms with Crippen molar-refractivity contribution in [1.29, 1.82) is 0 Å². The summed E-state index contributed by atoms with van der Waals surface area (Å²) in [5.41, 5.74) is 1.06. The molecule has 16 heavy (non-hydrogen) atoms. The zero-order chi connectivity index (χ0) is 11.5. The minimum absolute atomic E-state index is 0.0572. The van der Waals surface area contributed by atoms with Crippen LogP contribution in [-0.4, -0.2) is 15.7 Å². The summed E-state index contributed by atoms with van der Waals surface area (Å²) in [5, 5.41) is 7.17. The van der Waals surface area contributed by atoms with Crippen LogP contribution in [0.15, 0.2) is 12.4 Å². The first kappa shape index (κ1) is 11.2. The number of carbonyl (C=O) groups is 1. The Hall–Kier alpha value is -1.32. The largest absolute Gasteiger partial charge is 0.349 e. The van der Waals surface area contributed by atoms with Crippen molar-refractivity contribution in [2.24, 2.45) is 13.0 Å². The van der Waals surface area contributed by atoms with Crippen LogP contribution in [0.3, 0.4) is 0 Å². The molecule has 1 fully saturated rings. The van der Waals surface area contributed by atoms with Gasteiger partial charge in [-0.3, -0.25) is 9.48 Å². The lowest BCUT2D eigenvalue weighted by Gasteiger charge is -2.15. The van der Waals surface area contributed by atoms with E-state index in [2.05, 4.69) is 10.4 Å². The Balaban J connectivity index is 1.91. The predicted octanol–water partition coefficient (Wildman–Crippen LogP) is 1.79. The van der Waals surface area contributed by atoms with Crippen LogP contribution in [-0.2, 0) is 11.8 Å². The predicted molar refractivity (Wildman–Crippen MR) is 61.7 cm³/mol. The van der Waals surface area contributed by atoms with Crippen molar-refractivity contribution in [3.63, 3.8) is 0 Å². The Labute approximate surface area is 96.0 Å². The molecule has 0 saturated heterocycles. The van der Waals surface area contributed by atoms with Crippen LogP contribution in [0.5, 0.6) is 0 Å². The fourth-order valence-electron chi connectivity index (χ4n) is 2.27. The number of nitrogens with zero attached hydrogens (tertiary/aromatic N) is 2. The third kappa shape index (κ3) is 2.43. The molecule has 4 heteroatoms. The van der Waals surface area contributed by atoms with Crippen LogP contribution in [0, 0.1) is 5.92 Å². The van der Waals surface area contributed by atoms with Gasteiger partial charge in [0.15, 0.2) is 0 Å². The van der Waals surface area contributed by atoms with Crippen molar-refractivity contribution in [3.8, 4) is 0 Å². The van der Waals surface area contributed by atoms with E-state index >= 15 is 0 Å². The Morgan fingerprint density at radius 3 is 2.81 bits per heavy atom. The maximum atomic E-state index is 11.9. The minimum atomic E-state index is 0.0572. The molecular formula is C12H19N3O. The van der Waals surface area contributed by atoms with Gasteiger partial charge in [-0.05, 0) is 19.8 Å². The molecule has 1 aromatic heterocycles. The fourth-order valence-corrected chi connectivity index (χ4v) is 2.27. The normalized spacial score (nSPS) is 18.6. The van der Waals surface area contributed by atoms with Gasteiger partial charge in [0.2, 0.25) is 5.91 Å². The van der Waals surface area contributed by atoms with Crippen molar-refractivity contribution in [3.05, 3.63) is 18.0 Å². The molecule has 1 aliphatic rings. The third-order valence-electron chi connectivity index (χ3n) is 3.31. The lowest BCUT2D eigenvalue weighted by atomic mass is 10.1. The van der Waals surface area contributed by atoms with Gasteiger partial charge >= 0.3 is 0 Å².